The van der Waals surface area contributed by atoms with Gasteiger partial charge in [0.2, 0.25) is 0 Å². The zero-order valence-electron chi connectivity index (χ0n) is 18.4. The summed E-state index contributed by atoms with van der Waals surface area (Å²) in [5.74, 6) is -1.74. The number of anilines is 1. The molecule has 1 heterocycles. The van der Waals surface area contributed by atoms with Crippen molar-refractivity contribution in [3.8, 4) is 11.4 Å². The highest BCUT2D eigenvalue weighted by Gasteiger charge is 2.24. The van der Waals surface area contributed by atoms with Crippen LogP contribution in [0.5, 0.6) is 5.75 Å². The summed E-state index contributed by atoms with van der Waals surface area (Å²) in [5, 5.41) is 14.3. The van der Waals surface area contributed by atoms with Crippen molar-refractivity contribution in [3.63, 3.8) is 0 Å². The number of nitrogens with zero attached hydrogens (tertiary/aromatic N) is 2. The first-order chi connectivity index (χ1) is 15.8. The normalized spacial score (nSPS) is 11.8. The third-order valence-electron chi connectivity index (χ3n) is 5.54. The van der Waals surface area contributed by atoms with Gasteiger partial charge in [-0.1, -0.05) is 42.5 Å². The molecular formula is C25H23N3O5. The van der Waals surface area contributed by atoms with Crippen molar-refractivity contribution >= 4 is 28.3 Å². The maximum absolute atomic E-state index is 13.0. The summed E-state index contributed by atoms with van der Waals surface area (Å²) in [7, 11) is 1.71. The van der Waals surface area contributed by atoms with E-state index >= 15 is 0 Å². The van der Waals surface area contributed by atoms with Gasteiger partial charge in [-0.15, -0.1) is 0 Å². The lowest BCUT2D eigenvalue weighted by Gasteiger charge is -2.14. The van der Waals surface area contributed by atoms with Crippen molar-refractivity contribution in [2.45, 2.75) is 20.0 Å². The van der Waals surface area contributed by atoms with Gasteiger partial charge in [-0.2, -0.15) is 0 Å². The molecule has 0 aliphatic carbocycles. The first-order valence-corrected chi connectivity index (χ1v) is 10.4. The summed E-state index contributed by atoms with van der Waals surface area (Å²) >= 11 is 0. The first kappa shape index (κ1) is 21.9. The van der Waals surface area contributed by atoms with Gasteiger partial charge in [0.15, 0.2) is 6.10 Å². The molecule has 1 amide bonds. The van der Waals surface area contributed by atoms with Gasteiger partial charge in [0.25, 0.3) is 11.5 Å². The molecule has 2 N–H and O–H groups in total. The van der Waals surface area contributed by atoms with Crippen LogP contribution in [0.4, 0.5) is 5.69 Å². The third-order valence-corrected chi connectivity index (χ3v) is 5.54. The number of aromatic hydroxyl groups is 1. The molecule has 0 fully saturated rings. The fourth-order valence-corrected chi connectivity index (χ4v) is 3.61. The number of ether oxygens (including phenoxy) is 1. The molecule has 4 rings (SSSR count). The minimum atomic E-state index is -1.20. The Balaban J connectivity index is 1.54. The number of benzene rings is 3. The molecule has 0 radical (unpaired) electrons. The van der Waals surface area contributed by atoms with Crippen LogP contribution < -0.4 is 10.9 Å². The van der Waals surface area contributed by atoms with Gasteiger partial charge < -0.3 is 15.2 Å². The Kier molecular flexibility index (Phi) is 5.74. The van der Waals surface area contributed by atoms with E-state index in [9.17, 15) is 19.5 Å². The van der Waals surface area contributed by atoms with Gasteiger partial charge in [0.1, 0.15) is 17.0 Å². The number of nitrogens with one attached hydrogen (secondary N) is 1. The number of para-hydroxylation sites is 1. The van der Waals surface area contributed by atoms with Crippen molar-refractivity contribution < 1.29 is 19.4 Å². The molecule has 0 saturated heterocycles. The molecule has 0 bridgehead atoms. The quantitative estimate of drug-likeness (QED) is 0.458. The van der Waals surface area contributed by atoms with E-state index in [1.807, 2.05) is 36.4 Å². The summed E-state index contributed by atoms with van der Waals surface area (Å²) in [5.41, 5.74) is 0.849. The lowest BCUT2D eigenvalue weighted by atomic mass is 10.1. The lowest BCUT2D eigenvalue weighted by molar-refractivity contribution is -0.123. The zero-order valence-corrected chi connectivity index (χ0v) is 18.4. The number of rotatable bonds is 5. The second-order valence-corrected chi connectivity index (χ2v) is 7.69. The van der Waals surface area contributed by atoms with E-state index in [2.05, 4.69) is 5.32 Å². The Bertz CT molecular complexity index is 1420. The van der Waals surface area contributed by atoms with Crippen LogP contribution in [0.25, 0.3) is 16.5 Å². The summed E-state index contributed by atoms with van der Waals surface area (Å²) in [6.07, 6.45) is -1.20. The first-order valence-electron chi connectivity index (χ1n) is 10.4. The molecule has 0 aliphatic rings. The standard InChI is InChI=1S/C25H23N3O5/c1-15-22(24(31)28(27(15)3)19-11-5-4-6-12-19)26-23(30)16(2)33-25(32)20-13-17-9-7-8-10-18(17)14-21(20)29/h4-14,16,29H,1-3H3,(H,26,30)/t16-/m1/s1. The molecule has 33 heavy (non-hydrogen) atoms. The number of fused-ring (bicyclic) bond motifs is 1. The van der Waals surface area contributed by atoms with Crippen molar-refractivity contribution in [3.05, 3.63) is 88.3 Å². The second kappa shape index (κ2) is 8.66. The fourth-order valence-electron chi connectivity index (χ4n) is 3.61. The van der Waals surface area contributed by atoms with Crippen molar-refractivity contribution in [1.29, 1.82) is 0 Å². The van der Waals surface area contributed by atoms with E-state index < -0.39 is 23.5 Å². The molecular weight excluding hydrogens is 422 g/mol. The average molecular weight is 445 g/mol. The van der Waals surface area contributed by atoms with Crippen molar-refractivity contribution in [2.24, 2.45) is 7.05 Å². The smallest absolute Gasteiger partial charge is 0.342 e. The minimum Gasteiger partial charge on any atom is -0.507 e. The molecule has 0 unspecified atom stereocenters. The number of phenolic OH excluding ortho intramolecular Hbond substituents is 1. The highest BCUT2D eigenvalue weighted by molar-refractivity contribution is 6.01. The molecule has 0 saturated carbocycles. The van der Waals surface area contributed by atoms with E-state index in [1.54, 1.807) is 36.9 Å². The van der Waals surface area contributed by atoms with Crippen LogP contribution in [-0.2, 0) is 16.6 Å². The van der Waals surface area contributed by atoms with Crippen LogP contribution in [0, 0.1) is 6.92 Å². The van der Waals surface area contributed by atoms with Crippen molar-refractivity contribution in [1.82, 2.24) is 9.36 Å². The van der Waals surface area contributed by atoms with E-state index in [0.717, 1.165) is 10.8 Å². The number of aromatic nitrogens is 2. The molecule has 1 aromatic heterocycles. The Morgan fingerprint density at radius 3 is 2.27 bits per heavy atom. The van der Waals surface area contributed by atoms with Gasteiger partial charge in [0, 0.05) is 7.05 Å². The van der Waals surface area contributed by atoms with Crippen LogP contribution in [0.2, 0.25) is 0 Å². The number of esters is 1. The number of hydrogen-bond donors (Lipinski definition) is 2. The van der Waals surface area contributed by atoms with Gasteiger partial charge in [0.05, 0.1) is 11.4 Å². The maximum Gasteiger partial charge on any atom is 0.342 e. The van der Waals surface area contributed by atoms with Gasteiger partial charge in [-0.3, -0.25) is 14.3 Å². The summed E-state index contributed by atoms with van der Waals surface area (Å²) in [6.45, 7) is 3.11. The van der Waals surface area contributed by atoms with E-state index in [1.165, 1.54) is 23.7 Å². The number of carbonyl (C=O) groups is 2. The summed E-state index contributed by atoms with van der Waals surface area (Å²) < 4.78 is 8.35. The topological polar surface area (TPSA) is 103 Å². The highest BCUT2D eigenvalue weighted by Crippen LogP contribution is 2.26. The Morgan fingerprint density at radius 2 is 1.61 bits per heavy atom. The monoisotopic (exact) mass is 445 g/mol. The molecule has 4 aromatic rings. The Hall–Kier alpha value is -4.33. The highest BCUT2D eigenvalue weighted by atomic mass is 16.5. The zero-order chi connectivity index (χ0) is 23.7. The number of phenols is 1. The molecule has 0 aliphatic heterocycles. The molecule has 0 spiro atoms. The number of carbonyl (C=O) groups excluding carboxylic acids is 2. The van der Waals surface area contributed by atoms with Crippen LogP contribution >= 0.6 is 0 Å². The Labute approximate surface area is 189 Å². The molecule has 168 valence electrons. The molecule has 8 heteroatoms. The van der Waals surface area contributed by atoms with E-state index in [0.29, 0.717) is 11.4 Å². The summed E-state index contributed by atoms with van der Waals surface area (Å²) in [4.78, 5) is 38.3. The maximum atomic E-state index is 13.0. The second-order valence-electron chi connectivity index (χ2n) is 7.69. The van der Waals surface area contributed by atoms with Crippen LogP contribution in [0.3, 0.4) is 0 Å². The van der Waals surface area contributed by atoms with Gasteiger partial charge in [-0.25, -0.2) is 9.48 Å². The minimum absolute atomic E-state index is 0.0457. The summed E-state index contributed by atoms with van der Waals surface area (Å²) in [6, 6.07) is 19.3. The van der Waals surface area contributed by atoms with E-state index in [-0.39, 0.29) is 17.0 Å². The van der Waals surface area contributed by atoms with Crippen LogP contribution in [0.1, 0.15) is 23.0 Å². The SMILES string of the molecule is Cc1c(NC(=O)[C@@H](C)OC(=O)c2cc3ccccc3cc2O)c(=O)n(-c2ccccc2)n1C. The van der Waals surface area contributed by atoms with Crippen LogP contribution in [-0.4, -0.2) is 32.5 Å². The average Bonchev–Trinajstić information content (AvgIpc) is 3.02. The van der Waals surface area contributed by atoms with Crippen LogP contribution in [0.15, 0.2) is 71.5 Å². The third kappa shape index (κ3) is 4.10. The predicted molar refractivity (Wildman–Crippen MR) is 125 cm³/mol. The molecule has 3 aromatic carbocycles. The van der Waals surface area contributed by atoms with Gasteiger partial charge >= 0.3 is 5.97 Å². The van der Waals surface area contributed by atoms with Crippen molar-refractivity contribution in [2.75, 3.05) is 5.32 Å². The number of amides is 1. The predicted octanol–water partition coefficient (Wildman–Crippen LogP) is 3.53. The van der Waals surface area contributed by atoms with Gasteiger partial charge in [-0.05, 0) is 48.9 Å². The largest absolute Gasteiger partial charge is 0.507 e. The Morgan fingerprint density at radius 1 is 1.00 bits per heavy atom. The molecule has 8 nitrogen and oxygen atoms in total. The fraction of sp³-hybridized carbons (Fsp3) is 0.160. The molecule has 1 atom stereocenters. The lowest BCUT2D eigenvalue weighted by Crippen LogP contribution is -2.32. The number of hydrogen-bond acceptors (Lipinski definition) is 5. The van der Waals surface area contributed by atoms with E-state index in [4.69, 9.17) is 4.74 Å².